The smallest absolute Gasteiger partial charge is 0.248 e. The Bertz CT molecular complexity index is 860. The van der Waals surface area contributed by atoms with Crippen molar-refractivity contribution >= 4 is 17.9 Å². The van der Waals surface area contributed by atoms with Crippen LogP contribution in [0.4, 0.5) is 0 Å². The predicted molar refractivity (Wildman–Crippen MR) is 119 cm³/mol. The Morgan fingerprint density at radius 3 is 2.50 bits per heavy atom. The second-order valence-electron chi connectivity index (χ2n) is 6.90. The molecule has 0 unspecified atom stereocenters. The number of carbonyl (C=O) groups excluding carboxylic acids is 2. The lowest BCUT2D eigenvalue weighted by Crippen LogP contribution is -2.23. The molecule has 3 N–H and O–H groups in total. The van der Waals surface area contributed by atoms with E-state index in [4.69, 9.17) is 15.2 Å². The standard InChI is InChI=1S/C24H30N2O4/c1-3-4-5-16-30-22-17-19(8-12-21(22)29-2)9-13-23(27)26-15-14-18-6-10-20(11-7-18)24(25)28/h6-13,17H,3-5,14-16H2,1-2H3,(H2,25,28)(H,26,27)/b13-9+. The molecule has 2 aromatic rings. The van der Waals surface area contributed by atoms with Gasteiger partial charge in [0.2, 0.25) is 11.8 Å². The Morgan fingerprint density at radius 2 is 1.83 bits per heavy atom. The summed E-state index contributed by atoms with van der Waals surface area (Å²) in [6, 6.07) is 12.6. The number of amides is 2. The summed E-state index contributed by atoms with van der Waals surface area (Å²) in [5.74, 6) is 0.726. The fourth-order valence-corrected chi connectivity index (χ4v) is 2.84. The number of benzene rings is 2. The van der Waals surface area contributed by atoms with Crippen molar-refractivity contribution in [2.24, 2.45) is 5.73 Å². The van der Waals surface area contributed by atoms with E-state index in [0.717, 1.165) is 30.4 Å². The molecule has 0 aliphatic heterocycles. The molecular formula is C24H30N2O4. The van der Waals surface area contributed by atoms with Gasteiger partial charge in [-0.15, -0.1) is 0 Å². The van der Waals surface area contributed by atoms with Crippen molar-refractivity contribution in [2.45, 2.75) is 32.6 Å². The van der Waals surface area contributed by atoms with Crippen molar-refractivity contribution in [3.63, 3.8) is 0 Å². The van der Waals surface area contributed by atoms with Gasteiger partial charge >= 0.3 is 0 Å². The first kappa shape index (κ1) is 23.0. The Labute approximate surface area is 178 Å². The number of hydrogen-bond donors (Lipinski definition) is 2. The maximum Gasteiger partial charge on any atom is 0.248 e. The highest BCUT2D eigenvalue weighted by Gasteiger charge is 2.05. The summed E-state index contributed by atoms with van der Waals surface area (Å²) in [7, 11) is 1.61. The molecule has 0 radical (unpaired) electrons. The molecule has 2 rings (SSSR count). The fourth-order valence-electron chi connectivity index (χ4n) is 2.84. The van der Waals surface area contributed by atoms with Crippen LogP contribution in [0.25, 0.3) is 6.08 Å². The molecule has 0 atom stereocenters. The third-order valence-corrected chi connectivity index (χ3v) is 4.57. The number of primary amides is 1. The number of carbonyl (C=O) groups is 2. The minimum absolute atomic E-state index is 0.176. The first-order valence-corrected chi connectivity index (χ1v) is 10.2. The Hall–Kier alpha value is -3.28. The van der Waals surface area contributed by atoms with E-state index in [-0.39, 0.29) is 5.91 Å². The Morgan fingerprint density at radius 1 is 1.07 bits per heavy atom. The third kappa shape index (κ3) is 7.62. The van der Waals surface area contributed by atoms with Crippen molar-refractivity contribution in [3.8, 4) is 11.5 Å². The topological polar surface area (TPSA) is 90.6 Å². The van der Waals surface area contributed by atoms with Crippen LogP contribution >= 0.6 is 0 Å². The molecule has 2 amide bonds. The second-order valence-corrected chi connectivity index (χ2v) is 6.90. The van der Waals surface area contributed by atoms with Crippen molar-refractivity contribution < 1.29 is 19.1 Å². The van der Waals surface area contributed by atoms with E-state index >= 15 is 0 Å². The zero-order valence-corrected chi connectivity index (χ0v) is 17.6. The van der Waals surface area contributed by atoms with E-state index in [9.17, 15) is 9.59 Å². The van der Waals surface area contributed by atoms with Gasteiger partial charge in [0.1, 0.15) is 0 Å². The number of ether oxygens (including phenoxy) is 2. The zero-order valence-electron chi connectivity index (χ0n) is 17.6. The van der Waals surface area contributed by atoms with Crippen LogP contribution in [0.2, 0.25) is 0 Å². The second kappa shape index (κ2) is 12.3. The van der Waals surface area contributed by atoms with Crippen molar-refractivity contribution in [1.82, 2.24) is 5.32 Å². The predicted octanol–water partition coefficient (Wildman–Crippen LogP) is 3.74. The summed E-state index contributed by atoms with van der Waals surface area (Å²) >= 11 is 0. The minimum atomic E-state index is -0.451. The summed E-state index contributed by atoms with van der Waals surface area (Å²) in [4.78, 5) is 23.2. The highest BCUT2D eigenvalue weighted by molar-refractivity contribution is 5.93. The van der Waals surface area contributed by atoms with Crippen molar-refractivity contribution in [2.75, 3.05) is 20.3 Å². The molecule has 0 saturated carbocycles. The molecule has 0 fully saturated rings. The van der Waals surface area contributed by atoms with Crippen LogP contribution in [0.5, 0.6) is 11.5 Å². The molecule has 160 valence electrons. The van der Waals surface area contributed by atoms with Crippen LogP contribution in [-0.2, 0) is 11.2 Å². The maximum atomic E-state index is 12.1. The quantitative estimate of drug-likeness (QED) is 0.412. The number of nitrogens with one attached hydrogen (secondary N) is 1. The molecule has 6 nitrogen and oxygen atoms in total. The van der Waals surface area contributed by atoms with Crippen LogP contribution in [0.15, 0.2) is 48.5 Å². The molecule has 2 aromatic carbocycles. The summed E-state index contributed by atoms with van der Waals surface area (Å²) < 4.78 is 11.2. The molecule has 0 saturated heterocycles. The molecular weight excluding hydrogens is 380 g/mol. The van der Waals surface area contributed by atoms with Gasteiger partial charge in [0.05, 0.1) is 13.7 Å². The molecule has 6 heteroatoms. The first-order valence-electron chi connectivity index (χ1n) is 10.2. The SMILES string of the molecule is CCCCCOc1cc(/C=C/C(=O)NCCc2ccc(C(N)=O)cc2)ccc1OC. The van der Waals surface area contributed by atoms with Gasteiger partial charge in [0, 0.05) is 18.2 Å². The zero-order chi connectivity index (χ0) is 21.8. The fraction of sp³-hybridized carbons (Fsp3) is 0.333. The molecule has 0 spiro atoms. The van der Waals surface area contributed by atoms with Crippen LogP contribution in [0.1, 0.15) is 47.7 Å². The van der Waals surface area contributed by atoms with E-state index in [0.29, 0.717) is 36.6 Å². The Balaban J connectivity index is 1.85. The highest BCUT2D eigenvalue weighted by Crippen LogP contribution is 2.28. The monoisotopic (exact) mass is 410 g/mol. The van der Waals surface area contributed by atoms with Crippen molar-refractivity contribution in [3.05, 3.63) is 65.2 Å². The maximum absolute atomic E-state index is 12.1. The third-order valence-electron chi connectivity index (χ3n) is 4.57. The lowest BCUT2D eigenvalue weighted by molar-refractivity contribution is -0.116. The van der Waals surface area contributed by atoms with Crippen LogP contribution in [0, 0.1) is 0 Å². The van der Waals surface area contributed by atoms with E-state index in [2.05, 4.69) is 12.2 Å². The first-order chi connectivity index (χ1) is 14.5. The van der Waals surface area contributed by atoms with Crippen molar-refractivity contribution in [1.29, 1.82) is 0 Å². The van der Waals surface area contributed by atoms with Gasteiger partial charge in [-0.1, -0.05) is 38.0 Å². The van der Waals surface area contributed by atoms with Gasteiger partial charge in [0.15, 0.2) is 11.5 Å². The van der Waals surface area contributed by atoms with Gasteiger partial charge in [-0.05, 0) is 54.3 Å². The number of nitrogens with two attached hydrogens (primary N) is 1. The van der Waals surface area contributed by atoms with E-state index in [1.807, 2.05) is 30.3 Å². The average molecular weight is 411 g/mol. The van der Waals surface area contributed by atoms with Gasteiger partial charge < -0.3 is 20.5 Å². The molecule has 0 aliphatic rings. The lowest BCUT2D eigenvalue weighted by Gasteiger charge is -2.11. The average Bonchev–Trinajstić information content (AvgIpc) is 2.75. The van der Waals surface area contributed by atoms with E-state index in [1.165, 1.54) is 6.08 Å². The van der Waals surface area contributed by atoms with Gasteiger partial charge in [0.25, 0.3) is 0 Å². The normalized spacial score (nSPS) is 10.7. The lowest BCUT2D eigenvalue weighted by atomic mass is 10.1. The number of rotatable bonds is 12. The minimum Gasteiger partial charge on any atom is -0.493 e. The Kier molecular flexibility index (Phi) is 9.45. The number of unbranched alkanes of at least 4 members (excludes halogenated alkanes) is 2. The molecule has 30 heavy (non-hydrogen) atoms. The molecule has 0 heterocycles. The number of hydrogen-bond acceptors (Lipinski definition) is 4. The molecule has 0 aliphatic carbocycles. The summed E-state index contributed by atoms with van der Waals surface area (Å²) in [5.41, 5.74) is 7.58. The van der Waals surface area contributed by atoms with Crippen LogP contribution in [-0.4, -0.2) is 32.1 Å². The summed E-state index contributed by atoms with van der Waals surface area (Å²) in [6.45, 7) is 3.28. The molecule has 0 bridgehead atoms. The summed E-state index contributed by atoms with van der Waals surface area (Å²) in [5, 5.41) is 2.85. The van der Waals surface area contributed by atoms with E-state index in [1.54, 1.807) is 25.3 Å². The highest BCUT2D eigenvalue weighted by atomic mass is 16.5. The van der Waals surface area contributed by atoms with Crippen LogP contribution < -0.4 is 20.5 Å². The van der Waals surface area contributed by atoms with Crippen LogP contribution in [0.3, 0.4) is 0 Å². The van der Waals surface area contributed by atoms with Gasteiger partial charge in [-0.2, -0.15) is 0 Å². The van der Waals surface area contributed by atoms with Gasteiger partial charge in [-0.3, -0.25) is 9.59 Å². The van der Waals surface area contributed by atoms with E-state index < -0.39 is 5.91 Å². The largest absolute Gasteiger partial charge is 0.493 e. The number of methoxy groups -OCH3 is 1. The summed E-state index contributed by atoms with van der Waals surface area (Å²) in [6.07, 6.45) is 7.16. The molecule has 0 aromatic heterocycles. The van der Waals surface area contributed by atoms with Gasteiger partial charge in [-0.25, -0.2) is 0 Å².